The number of aryl methyl sites for hydroxylation is 1. The van der Waals surface area contributed by atoms with E-state index in [1.165, 1.54) is 5.56 Å². The zero-order chi connectivity index (χ0) is 12.8. The number of aliphatic carboxylic acids is 1. The minimum absolute atomic E-state index is 0.231. The normalized spacial score (nSPS) is 11.9. The van der Waals surface area contributed by atoms with Gasteiger partial charge >= 0.3 is 5.97 Å². The van der Waals surface area contributed by atoms with E-state index in [4.69, 9.17) is 10.8 Å². The first kappa shape index (κ1) is 13.2. The summed E-state index contributed by atoms with van der Waals surface area (Å²) < 4.78 is 0. The summed E-state index contributed by atoms with van der Waals surface area (Å²) in [5.41, 5.74) is 7.07. The Bertz CT molecular complexity index is 401. The first-order valence-corrected chi connectivity index (χ1v) is 5.40. The Morgan fingerprint density at radius 1 is 1.35 bits per heavy atom. The third kappa shape index (κ3) is 4.24. The van der Waals surface area contributed by atoms with E-state index >= 15 is 0 Å². The molecule has 1 atom stereocenters. The average molecular weight is 236 g/mol. The second kappa shape index (κ2) is 6.00. The highest BCUT2D eigenvalue weighted by Gasteiger charge is 2.16. The number of carbonyl (C=O) groups excluding carboxylic acids is 1. The maximum absolute atomic E-state index is 11.4. The standard InChI is InChI=1S/C12H16N2O3/c1-2-8-3-5-9(6-4-8)14-11(15)7-10(13)12(16)17/h3-6,10H,2,7,13H2,1H3,(H,14,15)(H,16,17)/t10-/m0/s1. The average Bonchev–Trinajstić information content (AvgIpc) is 2.29. The molecule has 0 spiro atoms. The van der Waals surface area contributed by atoms with Crippen molar-refractivity contribution in [2.45, 2.75) is 25.8 Å². The van der Waals surface area contributed by atoms with Gasteiger partial charge in [-0.2, -0.15) is 0 Å². The Morgan fingerprint density at radius 3 is 2.41 bits per heavy atom. The molecular weight excluding hydrogens is 220 g/mol. The lowest BCUT2D eigenvalue weighted by Gasteiger charge is -2.08. The molecule has 0 unspecified atom stereocenters. The van der Waals surface area contributed by atoms with Crippen molar-refractivity contribution in [3.63, 3.8) is 0 Å². The molecule has 0 bridgehead atoms. The van der Waals surface area contributed by atoms with Gasteiger partial charge in [-0.15, -0.1) is 0 Å². The van der Waals surface area contributed by atoms with Crippen LogP contribution in [0.2, 0.25) is 0 Å². The van der Waals surface area contributed by atoms with Crippen molar-refractivity contribution in [2.24, 2.45) is 5.73 Å². The van der Waals surface area contributed by atoms with E-state index in [9.17, 15) is 9.59 Å². The van der Waals surface area contributed by atoms with E-state index < -0.39 is 17.9 Å². The fraction of sp³-hybridized carbons (Fsp3) is 0.333. The number of hydrogen-bond donors (Lipinski definition) is 3. The van der Waals surface area contributed by atoms with Crippen molar-refractivity contribution in [2.75, 3.05) is 5.32 Å². The number of benzene rings is 1. The largest absolute Gasteiger partial charge is 0.480 e. The Hall–Kier alpha value is -1.88. The topological polar surface area (TPSA) is 92.4 Å². The van der Waals surface area contributed by atoms with E-state index in [0.717, 1.165) is 6.42 Å². The second-order valence-electron chi connectivity index (χ2n) is 3.75. The van der Waals surface area contributed by atoms with E-state index in [-0.39, 0.29) is 6.42 Å². The third-order valence-electron chi connectivity index (χ3n) is 2.37. The van der Waals surface area contributed by atoms with Gasteiger partial charge in [0.1, 0.15) is 6.04 Å². The molecule has 5 nitrogen and oxygen atoms in total. The summed E-state index contributed by atoms with van der Waals surface area (Å²) in [6.07, 6.45) is 0.697. The molecule has 0 radical (unpaired) electrons. The Balaban J connectivity index is 2.53. The maximum atomic E-state index is 11.4. The third-order valence-corrected chi connectivity index (χ3v) is 2.37. The van der Waals surface area contributed by atoms with Crippen LogP contribution in [0.5, 0.6) is 0 Å². The van der Waals surface area contributed by atoms with Gasteiger partial charge in [0.05, 0.1) is 6.42 Å². The minimum Gasteiger partial charge on any atom is -0.480 e. The van der Waals surface area contributed by atoms with Gasteiger partial charge in [-0.3, -0.25) is 9.59 Å². The molecule has 0 aliphatic carbocycles. The molecule has 0 aromatic heterocycles. The monoisotopic (exact) mass is 236 g/mol. The van der Waals surface area contributed by atoms with Crippen LogP contribution in [0.15, 0.2) is 24.3 Å². The number of carboxylic acids is 1. The number of rotatable bonds is 5. The molecule has 1 aromatic carbocycles. The van der Waals surface area contributed by atoms with Crippen molar-refractivity contribution >= 4 is 17.6 Å². The summed E-state index contributed by atoms with van der Waals surface area (Å²) in [4.78, 5) is 21.9. The van der Waals surface area contributed by atoms with Gasteiger partial charge in [-0.25, -0.2) is 0 Å². The molecule has 0 fully saturated rings. The molecule has 0 aliphatic heterocycles. The van der Waals surface area contributed by atoms with Gasteiger partial charge in [-0.1, -0.05) is 19.1 Å². The molecule has 0 aliphatic rings. The lowest BCUT2D eigenvalue weighted by molar-refractivity contribution is -0.140. The number of nitrogens with one attached hydrogen (secondary N) is 1. The first-order chi connectivity index (χ1) is 8.02. The first-order valence-electron chi connectivity index (χ1n) is 5.40. The van der Waals surface area contributed by atoms with Crippen LogP contribution in [0.1, 0.15) is 18.9 Å². The summed E-state index contributed by atoms with van der Waals surface area (Å²) in [5.74, 6) is -1.58. The molecule has 1 amide bonds. The molecule has 92 valence electrons. The number of hydrogen-bond acceptors (Lipinski definition) is 3. The summed E-state index contributed by atoms with van der Waals surface area (Å²) in [6, 6.07) is 6.22. The van der Waals surface area contributed by atoms with Crippen LogP contribution in [0.3, 0.4) is 0 Å². The summed E-state index contributed by atoms with van der Waals surface area (Å²) >= 11 is 0. The number of anilines is 1. The molecular formula is C12H16N2O3. The summed E-state index contributed by atoms with van der Waals surface area (Å²) in [5, 5.41) is 11.2. The highest BCUT2D eigenvalue weighted by atomic mass is 16.4. The van der Waals surface area contributed by atoms with E-state index in [0.29, 0.717) is 5.69 Å². The number of nitrogens with two attached hydrogens (primary N) is 1. The van der Waals surface area contributed by atoms with Gasteiger partial charge in [0, 0.05) is 5.69 Å². The smallest absolute Gasteiger partial charge is 0.321 e. The van der Waals surface area contributed by atoms with Crippen LogP contribution < -0.4 is 11.1 Å². The quantitative estimate of drug-likeness (QED) is 0.710. The fourth-order valence-corrected chi connectivity index (χ4v) is 1.32. The van der Waals surface area contributed by atoms with Gasteiger partial charge < -0.3 is 16.2 Å². The molecule has 4 N–H and O–H groups in total. The van der Waals surface area contributed by atoms with Crippen molar-refractivity contribution < 1.29 is 14.7 Å². The Morgan fingerprint density at radius 2 is 1.94 bits per heavy atom. The Kier molecular flexibility index (Phi) is 4.66. The molecule has 1 aromatic rings. The zero-order valence-corrected chi connectivity index (χ0v) is 9.64. The van der Waals surface area contributed by atoms with Gasteiger partial charge in [0.25, 0.3) is 0 Å². The zero-order valence-electron chi connectivity index (χ0n) is 9.64. The SMILES string of the molecule is CCc1ccc(NC(=O)C[C@H](N)C(=O)O)cc1. The fourth-order valence-electron chi connectivity index (χ4n) is 1.32. The Labute approximate surface area is 99.6 Å². The van der Waals surface area contributed by atoms with Crippen LogP contribution in [0, 0.1) is 0 Å². The predicted molar refractivity (Wildman–Crippen MR) is 64.7 cm³/mol. The van der Waals surface area contributed by atoms with E-state index in [1.807, 2.05) is 19.1 Å². The molecule has 17 heavy (non-hydrogen) atoms. The van der Waals surface area contributed by atoms with Crippen molar-refractivity contribution in [3.8, 4) is 0 Å². The van der Waals surface area contributed by atoms with E-state index in [2.05, 4.69) is 5.32 Å². The van der Waals surface area contributed by atoms with Crippen LogP contribution in [0.4, 0.5) is 5.69 Å². The van der Waals surface area contributed by atoms with Crippen molar-refractivity contribution in [1.82, 2.24) is 0 Å². The molecule has 5 heteroatoms. The molecule has 0 saturated carbocycles. The van der Waals surface area contributed by atoms with Crippen molar-refractivity contribution in [3.05, 3.63) is 29.8 Å². The predicted octanol–water partition coefficient (Wildman–Crippen LogP) is 0.989. The van der Waals surface area contributed by atoms with Gasteiger partial charge in [0.15, 0.2) is 0 Å². The van der Waals surface area contributed by atoms with Crippen LogP contribution in [0.25, 0.3) is 0 Å². The highest BCUT2D eigenvalue weighted by Crippen LogP contribution is 2.10. The van der Waals surface area contributed by atoms with Gasteiger partial charge in [-0.05, 0) is 24.1 Å². The number of carboxylic acid groups (broad SMARTS) is 1. The van der Waals surface area contributed by atoms with E-state index in [1.54, 1.807) is 12.1 Å². The lowest BCUT2D eigenvalue weighted by atomic mass is 10.1. The van der Waals surface area contributed by atoms with Crippen molar-refractivity contribution in [1.29, 1.82) is 0 Å². The van der Waals surface area contributed by atoms with Crippen LogP contribution in [-0.4, -0.2) is 23.0 Å². The maximum Gasteiger partial charge on any atom is 0.321 e. The second-order valence-corrected chi connectivity index (χ2v) is 3.75. The van der Waals surface area contributed by atoms with Crippen LogP contribution in [-0.2, 0) is 16.0 Å². The van der Waals surface area contributed by atoms with Gasteiger partial charge in [0.2, 0.25) is 5.91 Å². The summed E-state index contributed by atoms with van der Waals surface area (Å²) in [7, 11) is 0. The summed E-state index contributed by atoms with van der Waals surface area (Å²) in [6.45, 7) is 2.04. The number of amides is 1. The highest BCUT2D eigenvalue weighted by molar-refractivity contribution is 5.93. The molecule has 0 heterocycles. The molecule has 1 rings (SSSR count). The number of carbonyl (C=O) groups is 2. The minimum atomic E-state index is -1.18. The molecule has 0 saturated heterocycles. The lowest BCUT2D eigenvalue weighted by Crippen LogP contribution is -2.34. The van der Waals surface area contributed by atoms with Crippen LogP contribution >= 0.6 is 0 Å².